The molecule has 0 radical (unpaired) electrons. The maximum Gasteiger partial charge on any atom is 0.274 e. The molecular formula is C22H24N6O. The highest BCUT2D eigenvalue weighted by Gasteiger charge is 2.23. The highest BCUT2D eigenvalue weighted by atomic mass is 16.2. The molecule has 0 bridgehead atoms. The number of pyridine rings is 1. The van der Waals surface area contributed by atoms with E-state index in [2.05, 4.69) is 38.4 Å². The molecule has 7 heteroatoms. The largest absolute Gasteiger partial charge is 0.353 e. The minimum absolute atomic E-state index is 0.0868. The molecule has 1 aliphatic rings. The van der Waals surface area contributed by atoms with E-state index in [-0.39, 0.29) is 5.91 Å². The maximum absolute atomic E-state index is 12.8. The topological polar surface area (TPSA) is 74.2 Å². The second-order valence-electron chi connectivity index (χ2n) is 7.21. The van der Waals surface area contributed by atoms with Crippen molar-refractivity contribution in [1.82, 2.24) is 20.1 Å². The number of hydrogen-bond acceptors (Lipinski definition) is 6. The molecule has 3 aromatic rings. The smallest absolute Gasteiger partial charge is 0.274 e. The molecule has 0 atom stereocenters. The fourth-order valence-corrected chi connectivity index (χ4v) is 3.45. The first-order valence-electron chi connectivity index (χ1n) is 9.73. The minimum Gasteiger partial charge on any atom is -0.353 e. The van der Waals surface area contributed by atoms with E-state index in [4.69, 9.17) is 0 Å². The summed E-state index contributed by atoms with van der Waals surface area (Å²) in [6.07, 6.45) is 1.79. The summed E-state index contributed by atoms with van der Waals surface area (Å²) in [5.41, 5.74) is 3.69. The Morgan fingerprint density at radius 3 is 2.45 bits per heavy atom. The van der Waals surface area contributed by atoms with Gasteiger partial charge in [-0.15, -0.1) is 10.2 Å². The van der Waals surface area contributed by atoms with Gasteiger partial charge in [-0.25, -0.2) is 4.98 Å². The van der Waals surface area contributed by atoms with Gasteiger partial charge in [0, 0.05) is 38.1 Å². The monoisotopic (exact) mass is 388 g/mol. The van der Waals surface area contributed by atoms with E-state index in [0.717, 1.165) is 30.2 Å². The molecule has 1 aromatic carbocycles. The molecule has 1 fully saturated rings. The lowest BCUT2D eigenvalue weighted by atomic mass is 10.1. The van der Waals surface area contributed by atoms with Crippen molar-refractivity contribution in [1.29, 1.82) is 0 Å². The van der Waals surface area contributed by atoms with Crippen LogP contribution in [0.2, 0.25) is 0 Å². The van der Waals surface area contributed by atoms with Crippen LogP contribution in [0, 0.1) is 13.8 Å². The summed E-state index contributed by atoms with van der Waals surface area (Å²) < 4.78 is 0. The summed E-state index contributed by atoms with van der Waals surface area (Å²) in [5.74, 6) is 1.48. The number of amides is 1. The lowest BCUT2D eigenvalue weighted by molar-refractivity contribution is 0.0739. The zero-order valence-corrected chi connectivity index (χ0v) is 16.7. The van der Waals surface area contributed by atoms with E-state index < -0.39 is 0 Å². The van der Waals surface area contributed by atoms with Crippen LogP contribution in [0.4, 0.5) is 17.3 Å². The van der Waals surface area contributed by atoms with Gasteiger partial charge in [0.2, 0.25) is 0 Å². The van der Waals surface area contributed by atoms with Gasteiger partial charge in [0.1, 0.15) is 5.82 Å². The first-order chi connectivity index (χ1) is 14.1. The van der Waals surface area contributed by atoms with Gasteiger partial charge in [-0.05, 0) is 49.7 Å². The number of aryl methyl sites for hydroxylation is 2. The molecule has 7 nitrogen and oxygen atoms in total. The Morgan fingerprint density at radius 1 is 0.966 bits per heavy atom. The van der Waals surface area contributed by atoms with Crippen LogP contribution in [0.5, 0.6) is 0 Å². The molecular weight excluding hydrogens is 364 g/mol. The first-order valence-corrected chi connectivity index (χ1v) is 9.73. The molecule has 3 heterocycles. The van der Waals surface area contributed by atoms with Crippen molar-refractivity contribution in [3.8, 4) is 0 Å². The van der Waals surface area contributed by atoms with Crippen molar-refractivity contribution >= 4 is 23.2 Å². The van der Waals surface area contributed by atoms with Crippen LogP contribution >= 0.6 is 0 Å². The van der Waals surface area contributed by atoms with Crippen LogP contribution < -0.4 is 10.2 Å². The quantitative estimate of drug-likeness (QED) is 0.740. The average Bonchev–Trinajstić information content (AvgIpc) is 2.76. The van der Waals surface area contributed by atoms with E-state index in [1.165, 1.54) is 5.56 Å². The van der Waals surface area contributed by atoms with Gasteiger partial charge in [-0.1, -0.05) is 23.8 Å². The molecule has 1 amide bonds. The molecule has 0 spiro atoms. The van der Waals surface area contributed by atoms with Gasteiger partial charge < -0.3 is 15.1 Å². The molecule has 0 unspecified atom stereocenters. The number of aromatic nitrogens is 3. The van der Waals surface area contributed by atoms with Crippen LogP contribution in [0.1, 0.15) is 21.6 Å². The Kier molecular flexibility index (Phi) is 5.37. The number of carbonyl (C=O) groups excluding carboxylic acids is 1. The van der Waals surface area contributed by atoms with E-state index in [0.29, 0.717) is 24.6 Å². The molecule has 1 N–H and O–H groups in total. The highest BCUT2D eigenvalue weighted by Crippen LogP contribution is 2.20. The Labute approximate surface area is 170 Å². The highest BCUT2D eigenvalue weighted by molar-refractivity contribution is 5.92. The fraction of sp³-hybridized carbons (Fsp3) is 0.273. The van der Waals surface area contributed by atoms with E-state index in [1.807, 2.05) is 42.2 Å². The number of piperazine rings is 1. The van der Waals surface area contributed by atoms with E-state index in [9.17, 15) is 4.79 Å². The van der Waals surface area contributed by atoms with E-state index in [1.54, 1.807) is 18.3 Å². The van der Waals surface area contributed by atoms with E-state index >= 15 is 0 Å². The van der Waals surface area contributed by atoms with Crippen LogP contribution in [0.15, 0.2) is 54.7 Å². The van der Waals surface area contributed by atoms with Crippen LogP contribution in [-0.2, 0) is 0 Å². The minimum atomic E-state index is -0.0868. The standard InChI is InChI=1S/C22H24N6O/c1-16-6-7-18(17(2)15-16)24-20-9-8-19(25-26-20)22(29)28-13-11-27(12-14-28)21-5-3-4-10-23-21/h3-10,15H,11-14H2,1-2H3,(H,24,26). The zero-order valence-electron chi connectivity index (χ0n) is 16.7. The number of nitrogens with zero attached hydrogens (tertiary/aromatic N) is 5. The Bertz CT molecular complexity index is 982. The number of nitrogens with one attached hydrogen (secondary N) is 1. The second-order valence-corrected chi connectivity index (χ2v) is 7.21. The molecule has 29 heavy (non-hydrogen) atoms. The summed E-state index contributed by atoms with van der Waals surface area (Å²) in [5, 5.41) is 11.6. The SMILES string of the molecule is Cc1ccc(Nc2ccc(C(=O)N3CCN(c4ccccn4)CC3)nn2)c(C)c1. The van der Waals surface area contributed by atoms with Gasteiger partial charge in [0.25, 0.3) is 5.91 Å². The Hall–Kier alpha value is -3.48. The van der Waals surface area contributed by atoms with Crippen molar-refractivity contribution in [3.05, 3.63) is 71.5 Å². The van der Waals surface area contributed by atoms with Crippen LogP contribution in [0.3, 0.4) is 0 Å². The zero-order chi connectivity index (χ0) is 20.2. The van der Waals surface area contributed by atoms with Gasteiger partial charge in [0.05, 0.1) is 0 Å². The van der Waals surface area contributed by atoms with Crippen molar-refractivity contribution in [3.63, 3.8) is 0 Å². The molecule has 4 rings (SSSR count). The number of carbonyl (C=O) groups is 1. The average molecular weight is 388 g/mol. The van der Waals surface area contributed by atoms with Crippen molar-refractivity contribution in [2.75, 3.05) is 36.4 Å². The lowest BCUT2D eigenvalue weighted by Crippen LogP contribution is -2.49. The second kappa shape index (κ2) is 8.26. The molecule has 2 aromatic heterocycles. The lowest BCUT2D eigenvalue weighted by Gasteiger charge is -2.35. The Morgan fingerprint density at radius 2 is 1.79 bits per heavy atom. The van der Waals surface area contributed by atoms with Crippen molar-refractivity contribution < 1.29 is 4.79 Å². The van der Waals surface area contributed by atoms with Gasteiger partial charge in [-0.2, -0.15) is 0 Å². The summed E-state index contributed by atoms with van der Waals surface area (Å²) >= 11 is 0. The van der Waals surface area contributed by atoms with Crippen molar-refractivity contribution in [2.45, 2.75) is 13.8 Å². The number of hydrogen-bond donors (Lipinski definition) is 1. The van der Waals surface area contributed by atoms with Crippen LogP contribution in [0.25, 0.3) is 0 Å². The normalized spacial score (nSPS) is 14.0. The number of benzene rings is 1. The van der Waals surface area contributed by atoms with Crippen molar-refractivity contribution in [2.24, 2.45) is 0 Å². The fourth-order valence-electron chi connectivity index (χ4n) is 3.45. The molecule has 1 aliphatic heterocycles. The summed E-state index contributed by atoms with van der Waals surface area (Å²) in [6.45, 7) is 6.89. The Balaban J connectivity index is 1.37. The summed E-state index contributed by atoms with van der Waals surface area (Å²) in [7, 11) is 0. The third-order valence-corrected chi connectivity index (χ3v) is 5.07. The third-order valence-electron chi connectivity index (χ3n) is 5.07. The molecule has 1 saturated heterocycles. The predicted octanol–water partition coefficient (Wildman–Crippen LogP) is 3.19. The summed E-state index contributed by atoms with van der Waals surface area (Å²) in [6, 6.07) is 15.6. The summed E-state index contributed by atoms with van der Waals surface area (Å²) in [4.78, 5) is 21.2. The predicted molar refractivity (Wildman–Crippen MR) is 114 cm³/mol. The third kappa shape index (κ3) is 4.34. The van der Waals surface area contributed by atoms with Gasteiger partial charge in [0.15, 0.2) is 11.5 Å². The number of rotatable bonds is 4. The van der Waals surface area contributed by atoms with Gasteiger partial charge in [-0.3, -0.25) is 4.79 Å². The number of anilines is 3. The van der Waals surface area contributed by atoms with Crippen LogP contribution in [-0.4, -0.2) is 52.2 Å². The molecule has 148 valence electrons. The van der Waals surface area contributed by atoms with Gasteiger partial charge >= 0.3 is 0 Å². The maximum atomic E-state index is 12.8. The molecule has 0 aliphatic carbocycles. The first kappa shape index (κ1) is 18.9. The molecule has 0 saturated carbocycles.